The Balaban J connectivity index is 2.02. The highest BCUT2D eigenvalue weighted by Gasteiger charge is 2.26. The van der Waals surface area contributed by atoms with Crippen molar-refractivity contribution in [2.45, 2.75) is 45.7 Å². The van der Waals surface area contributed by atoms with Crippen molar-refractivity contribution >= 4 is 5.91 Å². The molecule has 140 valence electrons. The fourth-order valence-electron chi connectivity index (χ4n) is 3.19. The highest BCUT2D eigenvalue weighted by molar-refractivity contribution is 5.77. The van der Waals surface area contributed by atoms with Gasteiger partial charge in [-0.3, -0.25) is 4.79 Å². The van der Waals surface area contributed by atoms with E-state index in [2.05, 4.69) is 69.2 Å². The van der Waals surface area contributed by atoms with Crippen LogP contribution in [0.5, 0.6) is 0 Å². The summed E-state index contributed by atoms with van der Waals surface area (Å²) in [6.07, 6.45) is 0.517. The van der Waals surface area contributed by atoms with E-state index in [9.17, 15) is 4.79 Å². The second-order valence-electron chi connectivity index (χ2n) is 7.89. The third kappa shape index (κ3) is 5.70. The van der Waals surface area contributed by atoms with Crippen molar-refractivity contribution in [1.29, 1.82) is 0 Å². The SMILES string of the molecule is CCN(Cc1ccc(CN(C)C)cc1)C(=O)CC(C)(C)c1ccccc1. The maximum absolute atomic E-state index is 12.9. The van der Waals surface area contributed by atoms with Crippen LogP contribution in [0, 0.1) is 0 Å². The molecule has 0 bridgehead atoms. The molecule has 0 radical (unpaired) electrons. The van der Waals surface area contributed by atoms with Gasteiger partial charge in [0.05, 0.1) is 0 Å². The van der Waals surface area contributed by atoms with Gasteiger partial charge in [-0.15, -0.1) is 0 Å². The Morgan fingerprint density at radius 3 is 1.92 bits per heavy atom. The van der Waals surface area contributed by atoms with Gasteiger partial charge >= 0.3 is 0 Å². The van der Waals surface area contributed by atoms with Gasteiger partial charge in [0.25, 0.3) is 0 Å². The first-order chi connectivity index (χ1) is 12.3. The summed E-state index contributed by atoms with van der Waals surface area (Å²) < 4.78 is 0. The number of hydrogen-bond donors (Lipinski definition) is 0. The van der Waals surface area contributed by atoms with E-state index >= 15 is 0 Å². The van der Waals surface area contributed by atoms with E-state index in [0.717, 1.165) is 13.1 Å². The zero-order valence-electron chi connectivity index (χ0n) is 16.8. The summed E-state index contributed by atoms with van der Waals surface area (Å²) in [5, 5.41) is 0. The van der Waals surface area contributed by atoms with Crippen molar-refractivity contribution in [2.24, 2.45) is 0 Å². The number of nitrogens with zero attached hydrogens (tertiary/aromatic N) is 2. The second kappa shape index (κ2) is 9.00. The van der Waals surface area contributed by atoms with Crippen LogP contribution in [-0.4, -0.2) is 36.3 Å². The molecule has 2 aromatic carbocycles. The maximum atomic E-state index is 12.9. The Morgan fingerprint density at radius 2 is 1.42 bits per heavy atom. The highest BCUT2D eigenvalue weighted by atomic mass is 16.2. The molecule has 2 rings (SSSR count). The van der Waals surface area contributed by atoms with E-state index in [1.165, 1.54) is 16.7 Å². The van der Waals surface area contributed by atoms with Gasteiger partial charge in [0.15, 0.2) is 0 Å². The van der Waals surface area contributed by atoms with E-state index in [4.69, 9.17) is 0 Å². The van der Waals surface area contributed by atoms with Crippen LogP contribution in [0.15, 0.2) is 54.6 Å². The molecule has 3 heteroatoms. The molecule has 3 nitrogen and oxygen atoms in total. The Labute approximate surface area is 158 Å². The summed E-state index contributed by atoms with van der Waals surface area (Å²) in [6.45, 7) is 8.66. The van der Waals surface area contributed by atoms with Crippen LogP contribution >= 0.6 is 0 Å². The van der Waals surface area contributed by atoms with Crippen LogP contribution in [0.4, 0.5) is 0 Å². The lowest BCUT2D eigenvalue weighted by Crippen LogP contribution is -2.35. The smallest absolute Gasteiger partial charge is 0.223 e. The van der Waals surface area contributed by atoms with E-state index in [1.807, 2.05) is 30.0 Å². The van der Waals surface area contributed by atoms with Gasteiger partial charge in [0.2, 0.25) is 5.91 Å². The molecule has 0 atom stereocenters. The van der Waals surface area contributed by atoms with Gasteiger partial charge in [-0.2, -0.15) is 0 Å². The van der Waals surface area contributed by atoms with Gasteiger partial charge in [0, 0.05) is 26.1 Å². The van der Waals surface area contributed by atoms with E-state index in [1.54, 1.807) is 0 Å². The molecule has 0 aliphatic rings. The molecular weight excluding hydrogens is 320 g/mol. The van der Waals surface area contributed by atoms with Crippen molar-refractivity contribution in [1.82, 2.24) is 9.80 Å². The molecular formula is C23H32N2O. The molecule has 0 saturated carbocycles. The Morgan fingerprint density at radius 1 is 0.885 bits per heavy atom. The number of rotatable bonds is 8. The minimum Gasteiger partial charge on any atom is -0.339 e. The highest BCUT2D eigenvalue weighted by Crippen LogP contribution is 2.27. The average molecular weight is 353 g/mol. The molecule has 0 saturated heterocycles. The van der Waals surface area contributed by atoms with Crippen molar-refractivity contribution in [2.75, 3.05) is 20.6 Å². The van der Waals surface area contributed by atoms with Crippen LogP contribution in [0.1, 0.15) is 43.9 Å². The predicted octanol–water partition coefficient (Wildman–Crippen LogP) is 4.46. The van der Waals surface area contributed by atoms with Gasteiger partial charge in [-0.05, 0) is 43.1 Å². The van der Waals surface area contributed by atoms with Crippen molar-refractivity contribution < 1.29 is 4.79 Å². The number of carbonyl (C=O) groups is 1. The summed E-state index contributed by atoms with van der Waals surface area (Å²) in [4.78, 5) is 17.0. The normalized spacial score (nSPS) is 11.6. The molecule has 26 heavy (non-hydrogen) atoms. The summed E-state index contributed by atoms with van der Waals surface area (Å²) in [5.74, 6) is 0.207. The molecule has 2 aromatic rings. The van der Waals surface area contributed by atoms with Crippen molar-refractivity contribution in [3.63, 3.8) is 0 Å². The number of carbonyl (C=O) groups excluding carboxylic acids is 1. The molecule has 0 aromatic heterocycles. The minimum absolute atomic E-state index is 0.165. The van der Waals surface area contributed by atoms with Gasteiger partial charge in [-0.25, -0.2) is 0 Å². The first-order valence-corrected chi connectivity index (χ1v) is 9.37. The quantitative estimate of drug-likeness (QED) is 0.700. The maximum Gasteiger partial charge on any atom is 0.223 e. The van der Waals surface area contributed by atoms with Gasteiger partial charge in [0.1, 0.15) is 0 Å². The monoisotopic (exact) mass is 352 g/mol. The van der Waals surface area contributed by atoms with Crippen molar-refractivity contribution in [3.05, 3.63) is 71.3 Å². The molecule has 0 aliphatic carbocycles. The fraction of sp³-hybridized carbons (Fsp3) is 0.435. The molecule has 0 spiro atoms. The Kier molecular flexibility index (Phi) is 6.98. The van der Waals surface area contributed by atoms with Crippen LogP contribution in [-0.2, 0) is 23.3 Å². The minimum atomic E-state index is -0.165. The largest absolute Gasteiger partial charge is 0.339 e. The third-order valence-corrected chi connectivity index (χ3v) is 4.78. The summed E-state index contributed by atoms with van der Waals surface area (Å²) >= 11 is 0. The Hall–Kier alpha value is -2.13. The van der Waals surface area contributed by atoms with Crippen LogP contribution < -0.4 is 0 Å². The van der Waals surface area contributed by atoms with Crippen LogP contribution in [0.25, 0.3) is 0 Å². The summed E-state index contributed by atoms with van der Waals surface area (Å²) in [6, 6.07) is 18.9. The average Bonchev–Trinajstić information content (AvgIpc) is 2.61. The molecule has 0 heterocycles. The lowest BCUT2D eigenvalue weighted by Gasteiger charge is -2.29. The van der Waals surface area contributed by atoms with Gasteiger partial charge < -0.3 is 9.80 Å². The first kappa shape index (κ1) is 20.2. The first-order valence-electron chi connectivity index (χ1n) is 9.37. The standard InChI is InChI=1S/C23H32N2O/c1-6-25(18-20-14-12-19(13-15-20)17-24(4)5)22(26)16-23(2,3)21-10-8-7-9-11-21/h7-15H,6,16-18H2,1-5H3. The summed E-state index contributed by atoms with van der Waals surface area (Å²) in [5.41, 5.74) is 3.51. The van der Waals surface area contributed by atoms with E-state index in [0.29, 0.717) is 13.0 Å². The second-order valence-corrected chi connectivity index (χ2v) is 7.89. The topological polar surface area (TPSA) is 23.6 Å². The lowest BCUT2D eigenvalue weighted by molar-refractivity contribution is -0.132. The number of amides is 1. The van der Waals surface area contributed by atoms with Crippen molar-refractivity contribution in [3.8, 4) is 0 Å². The molecule has 0 unspecified atom stereocenters. The fourth-order valence-corrected chi connectivity index (χ4v) is 3.19. The number of benzene rings is 2. The lowest BCUT2D eigenvalue weighted by atomic mass is 9.81. The molecule has 0 fully saturated rings. The summed E-state index contributed by atoms with van der Waals surface area (Å²) in [7, 11) is 4.14. The zero-order valence-corrected chi connectivity index (χ0v) is 16.8. The molecule has 0 aliphatic heterocycles. The number of hydrogen-bond acceptors (Lipinski definition) is 2. The molecule has 0 N–H and O–H groups in total. The molecule has 1 amide bonds. The van der Waals surface area contributed by atoms with Crippen LogP contribution in [0.3, 0.4) is 0 Å². The zero-order chi connectivity index (χ0) is 19.2. The third-order valence-electron chi connectivity index (χ3n) is 4.78. The van der Waals surface area contributed by atoms with Gasteiger partial charge in [-0.1, -0.05) is 68.4 Å². The Bertz CT molecular complexity index is 690. The van der Waals surface area contributed by atoms with E-state index in [-0.39, 0.29) is 11.3 Å². The van der Waals surface area contributed by atoms with E-state index < -0.39 is 0 Å². The van der Waals surface area contributed by atoms with Crippen LogP contribution in [0.2, 0.25) is 0 Å². The predicted molar refractivity (Wildman–Crippen MR) is 109 cm³/mol.